The molecule has 1 amide bonds. The van der Waals surface area contributed by atoms with E-state index in [1.165, 1.54) is 0 Å². The molecule has 0 aliphatic carbocycles. The second kappa shape index (κ2) is 7.04. The minimum Gasteiger partial charge on any atom is -0.394 e. The standard InChI is InChI=1S/C15H21NO4S/c17-11-13(10-12-6-2-1-3-7-12)16-15(18)14-8-4-5-9-21(14,19)20/h1-3,6-7,13-14,17H,4-5,8-11H2,(H,16,18)/t13-,14?/m1/s1. The number of hydrogen-bond acceptors (Lipinski definition) is 4. The number of amides is 1. The average Bonchev–Trinajstić information content (AvgIpc) is 2.47. The van der Waals surface area contributed by atoms with E-state index < -0.39 is 27.0 Å². The van der Waals surface area contributed by atoms with E-state index in [0.717, 1.165) is 12.0 Å². The Morgan fingerprint density at radius 3 is 2.62 bits per heavy atom. The summed E-state index contributed by atoms with van der Waals surface area (Å²) in [7, 11) is -3.34. The number of hydrogen-bond donors (Lipinski definition) is 2. The maximum atomic E-state index is 12.2. The van der Waals surface area contributed by atoms with Crippen LogP contribution >= 0.6 is 0 Å². The van der Waals surface area contributed by atoms with Crippen LogP contribution in [-0.4, -0.2) is 43.1 Å². The Balaban J connectivity index is 1.99. The molecule has 1 aromatic carbocycles. The third kappa shape index (κ3) is 4.28. The first-order valence-corrected chi connectivity index (χ1v) is 8.91. The summed E-state index contributed by atoms with van der Waals surface area (Å²) in [6, 6.07) is 9.02. The van der Waals surface area contributed by atoms with Crippen molar-refractivity contribution < 1.29 is 18.3 Å². The smallest absolute Gasteiger partial charge is 0.238 e. The topological polar surface area (TPSA) is 83.5 Å². The Bertz CT molecular complexity index is 571. The van der Waals surface area contributed by atoms with Gasteiger partial charge < -0.3 is 10.4 Å². The molecule has 2 atom stereocenters. The minimum absolute atomic E-state index is 0.0769. The Labute approximate surface area is 125 Å². The molecular formula is C15H21NO4S. The molecule has 0 bridgehead atoms. The maximum Gasteiger partial charge on any atom is 0.238 e. The van der Waals surface area contributed by atoms with Crippen LogP contribution in [0.4, 0.5) is 0 Å². The zero-order valence-corrected chi connectivity index (χ0v) is 12.7. The molecule has 0 spiro atoms. The molecule has 0 aromatic heterocycles. The summed E-state index contributed by atoms with van der Waals surface area (Å²) in [5.74, 6) is -0.405. The third-order valence-electron chi connectivity index (χ3n) is 3.76. The average molecular weight is 311 g/mol. The number of aliphatic hydroxyl groups excluding tert-OH is 1. The van der Waals surface area contributed by atoms with Gasteiger partial charge in [0.2, 0.25) is 5.91 Å². The van der Waals surface area contributed by atoms with Crippen molar-refractivity contribution in [1.82, 2.24) is 5.32 Å². The van der Waals surface area contributed by atoms with Crippen LogP contribution in [0.2, 0.25) is 0 Å². The van der Waals surface area contributed by atoms with E-state index in [9.17, 15) is 18.3 Å². The number of sulfone groups is 1. The highest BCUT2D eigenvalue weighted by Gasteiger charge is 2.35. The van der Waals surface area contributed by atoms with Crippen LogP contribution in [0.5, 0.6) is 0 Å². The fourth-order valence-electron chi connectivity index (χ4n) is 2.60. The van der Waals surface area contributed by atoms with Crippen molar-refractivity contribution in [2.24, 2.45) is 0 Å². The fourth-order valence-corrected chi connectivity index (χ4v) is 4.41. The van der Waals surface area contributed by atoms with Gasteiger partial charge in [-0.3, -0.25) is 4.79 Å². The van der Waals surface area contributed by atoms with Crippen molar-refractivity contribution in [1.29, 1.82) is 0 Å². The summed E-state index contributed by atoms with van der Waals surface area (Å²) >= 11 is 0. The SMILES string of the molecule is O=C(N[C@@H](CO)Cc1ccccc1)C1CCCCS1(=O)=O. The van der Waals surface area contributed by atoms with Crippen molar-refractivity contribution >= 4 is 15.7 Å². The van der Waals surface area contributed by atoms with E-state index in [-0.39, 0.29) is 12.4 Å². The van der Waals surface area contributed by atoms with Crippen LogP contribution in [0.15, 0.2) is 30.3 Å². The molecule has 1 aliphatic rings. The van der Waals surface area contributed by atoms with Gasteiger partial charge in [-0.15, -0.1) is 0 Å². The lowest BCUT2D eigenvalue weighted by molar-refractivity contribution is -0.121. The zero-order chi connectivity index (χ0) is 15.3. The molecule has 1 heterocycles. The summed E-state index contributed by atoms with van der Waals surface area (Å²) in [6.45, 7) is -0.215. The lowest BCUT2D eigenvalue weighted by Crippen LogP contribution is -2.48. The molecule has 6 heteroatoms. The van der Waals surface area contributed by atoms with Crippen LogP contribution in [0.25, 0.3) is 0 Å². The molecule has 1 aliphatic heterocycles. The highest BCUT2D eigenvalue weighted by molar-refractivity contribution is 7.92. The lowest BCUT2D eigenvalue weighted by atomic mass is 10.1. The van der Waals surface area contributed by atoms with Crippen molar-refractivity contribution in [3.05, 3.63) is 35.9 Å². The molecule has 1 aromatic rings. The van der Waals surface area contributed by atoms with Gasteiger partial charge in [0, 0.05) is 0 Å². The van der Waals surface area contributed by atoms with Gasteiger partial charge in [0.05, 0.1) is 18.4 Å². The predicted octanol–water partition coefficient (Wildman–Crippen LogP) is 0.673. The molecule has 0 radical (unpaired) electrons. The summed E-state index contributed by atoms with van der Waals surface area (Å²) in [6.07, 6.45) is 2.23. The molecule has 0 saturated carbocycles. The molecular weight excluding hydrogens is 290 g/mol. The number of benzene rings is 1. The van der Waals surface area contributed by atoms with Gasteiger partial charge in [-0.05, 0) is 24.8 Å². The monoisotopic (exact) mass is 311 g/mol. The number of aliphatic hydroxyl groups is 1. The van der Waals surface area contributed by atoms with E-state index in [1.807, 2.05) is 30.3 Å². The first-order chi connectivity index (χ1) is 10.0. The normalized spacial score (nSPS) is 22.4. The van der Waals surface area contributed by atoms with E-state index in [4.69, 9.17) is 0 Å². The van der Waals surface area contributed by atoms with Crippen molar-refractivity contribution in [3.63, 3.8) is 0 Å². The highest BCUT2D eigenvalue weighted by atomic mass is 32.2. The Morgan fingerprint density at radius 2 is 2.00 bits per heavy atom. The Kier molecular flexibility index (Phi) is 5.36. The summed E-state index contributed by atoms with van der Waals surface area (Å²) in [5, 5.41) is 11.1. The number of carbonyl (C=O) groups excluding carboxylic acids is 1. The number of nitrogens with one attached hydrogen (secondary N) is 1. The minimum atomic E-state index is -3.34. The molecule has 116 valence electrons. The summed E-state index contributed by atoms with van der Waals surface area (Å²) < 4.78 is 23.9. The molecule has 1 fully saturated rings. The van der Waals surface area contributed by atoms with Crippen molar-refractivity contribution in [2.75, 3.05) is 12.4 Å². The first kappa shape index (κ1) is 16.0. The van der Waals surface area contributed by atoms with Crippen LogP contribution in [-0.2, 0) is 21.1 Å². The molecule has 1 saturated heterocycles. The first-order valence-electron chi connectivity index (χ1n) is 7.19. The molecule has 1 unspecified atom stereocenters. The predicted molar refractivity (Wildman–Crippen MR) is 80.6 cm³/mol. The second-order valence-corrected chi connectivity index (χ2v) is 7.73. The maximum absolute atomic E-state index is 12.2. The van der Waals surface area contributed by atoms with Gasteiger partial charge >= 0.3 is 0 Å². The van der Waals surface area contributed by atoms with Gasteiger partial charge in [0.1, 0.15) is 5.25 Å². The zero-order valence-electron chi connectivity index (χ0n) is 11.9. The molecule has 2 rings (SSSR count). The number of carbonyl (C=O) groups is 1. The van der Waals surface area contributed by atoms with Crippen molar-refractivity contribution in [3.8, 4) is 0 Å². The molecule has 21 heavy (non-hydrogen) atoms. The lowest BCUT2D eigenvalue weighted by Gasteiger charge is -2.24. The van der Waals surface area contributed by atoms with Crippen molar-refractivity contribution in [2.45, 2.75) is 37.0 Å². The van der Waals surface area contributed by atoms with E-state index in [1.54, 1.807) is 0 Å². The van der Waals surface area contributed by atoms with Gasteiger partial charge in [-0.2, -0.15) is 0 Å². The van der Waals surface area contributed by atoms with E-state index in [2.05, 4.69) is 5.32 Å². The second-order valence-electron chi connectivity index (χ2n) is 5.43. The largest absolute Gasteiger partial charge is 0.394 e. The Morgan fingerprint density at radius 1 is 1.29 bits per heavy atom. The van der Waals surface area contributed by atoms with E-state index in [0.29, 0.717) is 19.3 Å². The Hall–Kier alpha value is -1.40. The van der Waals surface area contributed by atoms with Gasteiger partial charge in [0.25, 0.3) is 0 Å². The molecule has 5 nitrogen and oxygen atoms in total. The fraction of sp³-hybridized carbons (Fsp3) is 0.533. The van der Waals surface area contributed by atoms with E-state index >= 15 is 0 Å². The van der Waals surface area contributed by atoms with Crippen LogP contribution in [0.1, 0.15) is 24.8 Å². The van der Waals surface area contributed by atoms with Crippen LogP contribution in [0.3, 0.4) is 0 Å². The van der Waals surface area contributed by atoms with Crippen LogP contribution < -0.4 is 5.32 Å². The quantitative estimate of drug-likeness (QED) is 0.837. The number of rotatable bonds is 5. The molecule has 2 N–H and O–H groups in total. The summed E-state index contributed by atoms with van der Waals surface area (Å²) in [5.41, 5.74) is 0.989. The third-order valence-corrected chi connectivity index (χ3v) is 5.94. The van der Waals surface area contributed by atoms with Gasteiger partial charge in [0.15, 0.2) is 9.84 Å². The van der Waals surface area contributed by atoms with Crippen LogP contribution in [0, 0.1) is 0 Å². The van der Waals surface area contributed by atoms with Gasteiger partial charge in [-0.25, -0.2) is 8.42 Å². The summed E-state index contributed by atoms with van der Waals surface area (Å²) in [4.78, 5) is 12.2. The van der Waals surface area contributed by atoms with Gasteiger partial charge in [-0.1, -0.05) is 36.8 Å². The highest BCUT2D eigenvalue weighted by Crippen LogP contribution is 2.19.